The Morgan fingerprint density at radius 1 is 1.38 bits per heavy atom. The van der Waals surface area contributed by atoms with E-state index in [2.05, 4.69) is 31.3 Å². The summed E-state index contributed by atoms with van der Waals surface area (Å²) in [5.74, 6) is 0. The van der Waals surface area contributed by atoms with Crippen LogP contribution in [0.2, 0.25) is 0 Å². The molecule has 0 radical (unpaired) electrons. The van der Waals surface area contributed by atoms with Gasteiger partial charge in [0, 0.05) is 18.3 Å². The van der Waals surface area contributed by atoms with Gasteiger partial charge in [0.15, 0.2) is 0 Å². The molecule has 70 valence electrons. The Kier molecular flexibility index (Phi) is 2.00. The van der Waals surface area contributed by atoms with Crippen LogP contribution in [-0.4, -0.2) is 6.54 Å². The number of hydrogen-bond acceptors (Lipinski definition) is 2. The molecule has 1 heterocycles. The predicted octanol–water partition coefficient (Wildman–Crippen LogP) is 2.12. The first kappa shape index (κ1) is 8.57. The number of fused-ring (bicyclic) bond motifs is 1. The first-order valence-corrected chi connectivity index (χ1v) is 4.79. The van der Waals surface area contributed by atoms with Gasteiger partial charge in [0.1, 0.15) is 0 Å². The number of hydrogen-bond donors (Lipinski definition) is 2. The summed E-state index contributed by atoms with van der Waals surface area (Å²) in [5.41, 5.74) is 11.2. The van der Waals surface area contributed by atoms with E-state index in [9.17, 15) is 0 Å². The van der Waals surface area contributed by atoms with Crippen LogP contribution in [0.25, 0.3) is 0 Å². The third-order valence-electron chi connectivity index (χ3n) is 2.67. The van der Waals surface area contributed by atoms with Gasteiger partial charge >= 0.3 is 0 Å². The van der Waals surface area contributed by atoms with E-state index in [-0.39, 0.29) is 6.04 Å². The van der Waals surface area contributed by atoms with Gasteiger partial charge in [0.05, 0.1) is 0 Å². The molecular formula is C11H16N2. The van der Waals surface area contributed by atoms with Crippen LogP contribution in [-0.2, 0) is 0 Å². The number of rotatable bonds is 0. The number of benzene rings is 1. The lowest BCUT2D eigenvalue weighted by Gasteiger charge is -2.26. The number of aryl methyl sites for hydroxylation is 2. The number of nitrogens with one attached hydrogen (secondary N) is 1. The third kappa shape index (κ3) is 1.42. The number of anilines is 1. The van der Waals surface area contributed by atoms with E-state index in [4.69, 9.17) is 5.73 Å². The lowest BCUT2D eigenvalue weighted by molar-refractivity contribution is 0.650. The van der Waals surface area contributed by atoms with Gasteiger partial charge < -0.3 is 11.1 Å². The molecule has 0 saturated carbocycles. The lowest BCUT2D eigenvalue weighted by Crippen LogP contribution is -2.23. The molecule has 1 aromatic rings. The molecule has 1 aromatic carbocycles. The van der Waals surface area contributed by atoms with E-state index >= 15 is 0 Å². The van der Waals surface area contributed by atoms with Gasteiger partial charge in [-0.2, -0.15) is 0 Å². The topological polar surface area (TPSA) is 38.0 Å². The molecule has 2 heteroatoms. The number of nitrogens with two attached hydrogens (primary N) is 1. The molecule has 1 unspecified atom stereocenters. The monoisotopic (exact) mass is 176 g/mol. The largest absolute Gasteiger partial charge is 0.385 e. The van der Waals surface area contributed by atoms with Gasteiger partial charge in [0.2, 0.25) is 0 Å². The smallest absolute Gasteiger partial charge is 0.0393 e. The molecule has 2 rings (SSSR count). The van der Waals surface area contributed by atoms with Crippen LogP contribution in [0.4, 0.5) is 5.69 Å². The van der Waals surface area contributed by atoms with Crippen LogP contribution >= 0.6 is 0 Å². The molecule has 2 nitrogen and oxygen atoms in total. The highest BCUT2D eigenvalue weighted by Gasteiger charge is 2.18. The highest BCUT2D eigenvalue weighted by atomic mass is 14.9. The molecular weight excluding hydrogens is 160 g/mol. The summed E-state index contributed by atoms with van der Waals surface area (Å²) in [6.07, 6.45) is 1.04. The van der Waals surface area contributed by atoms with E-state index in [1.807, 2.05) is 0 Å². The molecule has 0 bridgehead atoms. The molecule has 3 N–H and O–H groups in total. The second kappa shape index (κ2) is 3.04. The lowest BCUT2D eigenvalue weighted by atomic mass is 9.93. The fraction of sp³-hybridized carbons (Fsp3) is 0.455. The Morgan fingerprint density at radius 2 is 2.15 bits per heavy atom. The molecule has 0 aliphatic carbocycles. The van der Waals surface area contributed by atoms with Crippen LogP contribution in [0.5, 0.6) is 0 Å². The van der Waals surface area contributed by atoms with Gasteiger partial charge in [0.25, 0.3) is 0 Å². The molecule has 0 saturated heterocycles. The van der Waals surface area contributed by atoms with Crippen molar-refractivity contribution < 1.29 is 0 Å². The summed E-state index contributed by atoms with van der Waals surface area (Å²) in [6.45, 7) is 5.25. The molecule has 0 spiro atoms. The first-order chi connectivity index (χ1) is 6.18. The Balaban J connectivity index is 2.56. The fourth-order valence-electron chi connectivity index (χ4n) is 2.12. The molecule has 1 atom stereocenters. The van der Waals surface area contributed by atoms with Crippen molar-refractivity contribution >= 4 is 5.69 Å². The second-order valence-corrected chi connectivity index (χ2v) is 3.86. The van der Waals surface area contributed by atoms with E-state index < -0.39 is 0 Å². The predicted molar refractivity (Wildman–Crippen MR) is 56.0 cm³/mol. The van der Waals surface area contributed by atoms with Crippen LogP contribution in [0.3, 0.4) is 0 Å². The van der Waals surface area contributed by atoms with Gasteiger partial charge in [-0.3, -0.25) is 0 Å². The molecule has 0 amide bonds. The Hall–Kier alpha value is -1.02. The zero-order valence-corrected chi connectivity index (χ0v) is 8.22. The Morgan fingerprint density at radius 3 is 2.92 bits per heavy atom. The maximum Gasteiger partial charge on any atom is 0.0393 e. The standard InChI is InChI=1S/C11H16N2/c1-7-5-8(2)11-9(12)3-4-13-10(11)6-7/h5-6,9,13H,3-4,12H2,1-2H3. The minimum atomic E-state index is 0.219. The SMILES string of the molecule is Cc1cc(C)c2c(c1)NCCC2N. The van der Waals surface area contributed by atoms with Crippen LogP contribution in [0.1, 0.15) is 29.2 Å². The fourth-order valence-corrected chi connectivity index (χ4v) is 2.12. The van der Waals surface area contributed by atoms with Crippen molar-refractivity contribution in [2.24, 2.45) is 5.73 Å². The summed E-state index contributed by atoms with van der Waals surface area (Å²) in [5, 5.41) is 3.39. The van der Waals surface area contributed by atoms with Crippen molar-refractivity contribution in [2.75, 3.05) is 11.9 Å². The summed E-state index contributed by atoms with van der Waals surface area (Å²) >= 11 is 0. The quantitative estimate of drug-likeness (QED) is 0.635. The highest BCUT2D eigenvalue weighted by molar-refractivity contribution is 5.59. The van der Waals surface area contributed by atoms with Crippen molar-refractivity contribution in [1.82, 2.24) is 0 Å². The molecule has 0 aromatic heterocycles. The van der Waals surface area contributed by atoms with Gasteiger partial charge in [-0.15, -0.1) is 0 Å². The first-order valence-electron chi connectivity index (χ1n) is 4.79. The van der Waals surface area contributed by atoms with Crippen LogP contribution in [0, 0.1) is 13.8 Å². The average molecular weight is 176 g/mol. The van der Waals surface area contributed by atoms with Gasteiger partial charge in [-0.1, -0.05) is 6.07 Å². The summed E-state index contributed by atoms with van der Waals surface area (Å²) in [7, 11) is 0. The molecule has 1 aliphatic heterocycles. The van der Waals surface area contributed by atoms with Crippen molar-refractivity contribution in [3.63, 3.8) is 0 Å². The summed E-state index contributed by atoms with van der Waals surface area (Å²) in [6, 6.07) is 4.60. The molecule has 0 fully saturated rings. The van der Waals surface area contributed by atoms with Crippen molar-refractivity contribution in [3.8, 4) is 0 Å². The van der Waals surface area contributed by atoms with E-state index in [0.29, 0.717) is 0 Å². The highest BCUT2D eigenvalue weighted by Crippen LogP contribution is 2.31. The third-order valence-corrected chi connectivity index (χ3v) is 2.67. The second-order valence-electron chi connectivity index (χ2n) is 3.86. The van der Waals surface area contributed by atoms with E-state index in [1.54, 1.807) is 0 Å². The van der Waals surface area contributed by atoms with Crippen molar-refractivity contribution in [2.45, 2.75) is 26.3 Å². The average Bonchev–Trinajstić information content (AvgIpc) is 2.02. The van der Waals surface area contributed by atoms with E-state index in [1.165, 1.54) is 22.4 Å². The van der Waals surface area contributed by atoms with Crippen molar-refractivity contribution in [3.05, 3.63) is 28.8 Å². The summed E-state index contributed by atoms with van der Waals surface area (Å²) in [4.78, 5) is 0. The molecule has 13 heavy (non-hydrogen) atoms. The normalized spacial score (nSPS) is 20.7. The van der Waals surface area contributed by atoms with Gasteiger partial charge in [-0.05, 0) is 43.0 Å². The van der Waals surface area contributed by atoms with E-state index in [0.717, 1.165) is 13.0 Å². The molecule has 1 aliphatic rings. The van der Waals surface area contributed by atoms with Gasteiger partial charge in [-0.25, -0.2) is 0 Å². The Labute approximate surface area is 79.1 Å². The van der Waals surface area contributed by atoms with Crippen molar-refractivity contribution in [1.29, 1.82) is 0 Å². The van der Waals surface area contributed by atoms with Crippen LogP contribution in [0.15, 0.2) is 12.1 Å². The Bertz CT molecular complexity index is 331. The maximum atomic E-state index is 6.06. The summed E-state index contributed by atoms with van der Waals surface area (Å²) < 4.78 is 0. The zero-order chi connectivity index (χ0) is 9.42. The minimum Gasteiger partial charge on any atom is -0.385 e. The minimum absolute atomic E-state index is 0.219. The zero-order valence-electron chi connectivity index (χ0n) is 8.22. The maximum absolute atomic E-state index is 6.06. The van der Waals surface area contributed by atoms with Crippen LogP contribution < -0.4 is 11.1 Å².